The lowest BCUT2D eigenvalue weighted by Crippen LogP contribution is -2.22. The van der Waals surface area contributed by atoms with Crippen LogP contribution in [0.5, 0.6) is 5.75 Å². The van der Waals surface area contributed by atoms with E-state index in [1.54, 1.807) is 16.7 Å². The molecule has 1 heterocycles. The summed E-state index contributed by atoms with van der Waals surface area (Å²) in [6.45, 7) is 7.26. The van der Waals surface area contributed by atoms with Gasteiger partial charge >= 0.3 is 0 Å². The highest BCUT2D eigenvalue weighted by molar-refractivity contribution is 7.85. The van der Waals surface area contributed by atoms with E-state index in [9.17, 15) is 17.2 Å². The van der Waals surface area contributed by atoms with Crippen LogP contribution in [0.3, 0.4) is 0 Å². The number of hydrogen-bond donors (Lipinski definition) is 0. The number of nitrogens with zero attached hydrogens (tertiary/aromatic N) is 2. The Morgan fingerprint density at radius 1 is 1.09 bits per heavy atom. The molecule has 0 atom stereocenters. The Labute approximate surface area is 193 Å². The molecule has 0 radical (unpaired) electrons. The molecule has 0 N–H and O–H groups in total. The Bertz CT molecular complexity index is 1230. The number of fused-ring (bicyclic) bond motifs is 1. The van der Waals surface area contributed by atoms with Gasteiger partial charge in [0.1, 0.15) is 31.6 Å². The third-order valence-electron chi connectivity index (χ3n) is 4.84. The SMILES string of the molecule is C[Si](C)(C)CCOCn1c(COS(C)(=O)=O)nc2c(COc3ccc(F)cc3F)cccc21. The molecule has 0 aliphatic carbocycles. The molecule has 3 aromatic rings. The number of imidazole rings is 1. The van der Waals surface area contributed by atoms with Crippen molar-refractivity contribution in [1.29, 1.82) is 0 Å². The third kappa shape index (κ3) is 7.32. The van der Waals surface area contributed by atoms with E-state index < -0.39 is 29.8 Å². The van der Waals surface area contributed by atoms with Crippen molar-refractivity contribution in [3.63, 3.8) is 0 Å². The van der Waals surface area contributed by atoms with Crippen LogP contribution in [0.15, 0.2) is 36.4 Å². The topological polar surface area (TPSA) is 79.7 Å². The lowest BCUT2D eigenvalue weighted by Gasteiger charge is -2.16. The van der Waals surface area contributed by atoms with E-state index >= 15 is 0 Å². The first-order chi connectivity index (χ1) is 15.4. The number of rotatable bonds is 11. The van der Waals surface area contributed by atoms with E-state index in [1.165, 1.54) is 6.07 Å². The van der Waals surface area contributed by atoms with Gasteiger partial charge in [0.15, 0.2) is 11.6 Å². The minimum Gasteiger partial charge on any atom is -0.486 e. The number of halogens is 2. The van der Waals surface area contributed by atoms with Gasteiger partial charge in [0.25, 0.3) is 10.1 Å². The molecular weight excluding hydrogens is 470 g/mol. The molecule has 33 heavy (non-hydrogen) atoms. The number of aromatic nitrogens is 2. The first kappa shape index (κ1) is 25.3. The molecule has 0 unspecified atom stereocenters. The molecule has 0 amide bonds. The van der Waals surface area contributed by atoms with Gasteiger partial charge in [-0.25, -0.2) is 13.8 Å². The maximum atomic E-state index is 13.9. The summed E-state index contributed by atoms with van der Waals surface area (Å²) in [6.07, 6.45) is 0.973. The highest BCUT2D eigenvalue weighted by Gasteiger charge is 2.18. The van der Waals surface area contributed by atoms with E-state index in [0.717, 1.165) is 24.4 Å². The number of ether oxygens (including phenoxy) is 2. The second-order valence-corrected chi connectivity index (χ2v) is 16.2. The zero-order valence-electron chi connectivity index (χ0n) is 19.1. The maximum Gasteiger partial charge on any atom is 0.264 e. The summed E-state index contributed by atoms with van der Waals surface area (Å²) >= 11 is 0. The van der Waals surface area contributed by atoms with Gasteiger partial charge in [-0.05, 0) is 24.2 Å². The van der Waals surface area contributed by atoms with Gasteiger partial charge in [-0.15, -0.1) is 0 Å². The predicted octanol–water partition coefficient (Wildman–Crippen LogP) is 4.68. The average Bonchev–Trinajstić information content (AvgIpc) is 3.06. The summed E-state index contributed by atoms with van der Waals surface area (Å²) in [5.41, 5.74) is 1.91. The summed E-state index contributed by atoms with van der Waals surface area (Å²) in [5, 5.41) is 0. The van der Waals surface area contributed by atoms with E-state index in [2.05, 4.69) is 24.6 Å². The molecule has 1 aromatic heterocycles. The van der Waals surface area contributed by atoms with Crippen molar-refractivity contribution < 1.29 is 30.9 Å². The minimum atomic E-state index is -3.67. The Hall–Kier alpha value is -2.34. The average molecular weight is 499 g/mol. The van der Waals surface area contributed by atoms with Crippen molar-refractivity contribution in [3.05, 3.63) is 59.4 Å². The van der Waals surface area contributed by atoms with Gasteiger partial charge in [0, 0.05) is 26.3 Å². The number of hydrogen-bond acceptors (Lipinski definition) is 6. The van der Waals surface area contributed by atoms with Crippen LogP contribution in [0.2, 0.25) is 25.7 Å². The Balaban J connectivity index is 1.87. The molecule has 7 nitrogen and oxygen atoms in total. The molecule has 3 rings (SSSR count). The zero-order chi connectivity index (χ0) is 24.2. The molecule has 0 saturated heterocycles. The molecule has 0 aliphatic heterocycles. The second kappa shape index (κ2) is 10.3. The Morgan fingerprint density at radius 2 is 1.85 bits per heavy atom. The number of benzene rings is 2. The Kier molecular flexibility index (Phi) is 7.88. The highest BCUT2D eigenvalue weighted by atomic mass is 32.2. The standard InChI is InChI=1S/C22H28F2N2O5SSi/c1-32(27,28)31-14-21-25-22-16(13-30-20-9-8-17(23)12-18(20)24)6-5-7-19(22)26(21)15-29-10-11-33(2,3)4/h5-9,12H,10-11,13-15H2,1-4H3. The van der Waals surface area contributed by atoms with Crippen LogP contribution in [0.25, 0.3) is 11.0 Å². The van der Waals surface area contributed by atoms with Crippen LogP contribution in [-0.2, 0) is 39.0 Å². The summed E-state index contributed by atoms with van der Waals surface area (Å²) < 4.78 is 68.2. The quantitative estimate of drug-likeness (QED) is 0.217. The van der Waals surface area contributed by atoms with E-state index in [4.69, 9.17) is 13.7 Å². The summed E-state index contributed by atoms with van der Waals surface area (Å²) in [5.74, 6) is -1.19. The monoisotopic (exact) mass is 498 g/mol. The lowest BCUT2D eigenvalue weighted by atomic mass is 10.2. The predicted molar refractivity (Wildman–Crippen MR) is 124 cm³/mol. The van der Waals surface area contributed by atoms with E-state index in [1.807, 2.05) is 6.07 Å². The summed E-state index contributed by atoms with van der Waals surface area (Å²) in [4.78, 5) is 4.56. The van der Waals surface area contributed by atoms with Crippen LogP contribution in [-0.4, -0.2) is 38.9 Å². The molecule has 0 fully saturated rings. The van der Waals surface area contributed by atoms with E-state index in [0.29, 0.717) is 29.0 Å². The van der Waals surface area contributed by atoms with Crippen molar-refractivity contribution in [2.45, 2.75) is 45.6 Å². The molecule has 0 spiro atoms. The molecule has 2 aromatic carbocycles. The van der Waals surface area contributed by atoms with Crippen molar-refractivity contribution >= 4 is 29.2 Å². The van der Waals surface area contributed by atoms with Gasteiger partial charge in [-0.1, -0.05) is 31.8 Å². The van der Waals surface area contributed by atoms with Crippen LogP contribution in [0.4, 0.5) is 8.78 Å². The van der Waals surface area contributed by atoms with Crippen LogP contribution in [0.1, 0.15) is 11.4 Å². The van der Waals surface area contributed by atoms with Gasteiger partial charge in [-0.3, -0.25) is 4.18 Å². The third-order valence-corrected chi connectivity index (χ3v) is 7.09. The smallest absolute Gasteiger partial charge is 0.264 e. The fourth-order valence-corrected chi connectivity index (χ4v) is 4.14. The van der Waals surface area contributed by atoms with E-state index in [-0.39, 0.29) is 25.7 Å². The van der Waals surface area contributed by atoms with Crippen molar-refractivity contribution in [2.24, 2.45) is 0 Å². The van der Waals surface area contributed by atoms with Gasteiger partial charge in [-0.2, -0.15) is 8.42 Å². The van der Waals surface area contributed by atoms with Crippen LogP contribution in [0, 0.1) is 11.6 Å². The fourth-order valence-electron chi connectivity index (χ4n) is 3.07. The van der Waals surface area contributed by atoms with Crippen molar-refractivity contribution in [3.8, 4) is 5.75 Å². The molecule has 0 saturated carbocycles. The van der Waals surface area contributed by atoms with Gasteiger partial charge < -0.3 is 14.0 Å². The van der Waals surface area contributed by atoms with Crippen molar-refractivity contribution in [1.82, 2.24) is 9.55 Å². The Morgan fingerprint density at radius 3 is 2.52 bits per heavy atom. The normalized spacial score (nSPS) is 12.4. The molecule has 180 valence electrons. The first-order valence-electron chi connectivity index (χ1n) is 10.4. The summed E-state index contributed by atoms with van der Waals surface area (Å²) in [7, 11) is -4.94. The summed E-state index contributed by atoms with van der Waals surface area (Å²) in [6, 6.07) is 9.47. The molecule has 11 heteroatoms. The number of para-hydroxylation sites is 1. The van der Waals surface area contributed by atoms with Crippen LogP contribution >= 0.6 is 0 Å². The van der Waals surface area contributed by atoms with Gasteiger partial charge in [0.2, 0.25) is 0 Å². The van der Waals surface area contributed by atoms with Gasteiger partial charge in [0.05, 0.1) is 17.3 Å². The van der Waals surface area contributed by atoms with Crippen LogP contribution < -0.4 is 4.74 Å². The molecule has 0 aliphatic rings. The van der Waals surface area contributed by atoms with Crippen molar-refractivity contribution in [2.75, 3.05) is 12.9 Å². The zero-order valence-corrected chi connectivity index (χ0v) is 20.9. The minimum absolute atomic E-state index is 0.0141. The fraction of sp³-hybridized carbons (Fsp3) is 0.409. The highest BCUT2D eigenvalue weighted by Crippen LogP contribution is 2.24. The molecular formula is C22H28F2N2O5SSi. The second-order valence-electron chi connectivity index (χ2n) is 8.92. The largest absolute Gasteiger partial charge is 0.486 e. The maximum absolute atomic E-state index is 13.9. The molecule has 0 bridgehead atoms. The lowest BCUT2D eigenvalue weighted by molar-refractivity contribution is 0.0854. The first-order valence-corrected chi connectivity index (χ1v) is 15.9.